The second-order valence-corrected chi connectivity index (χ2v) is 7.54. The molecule has 0 atom stereocenters. The molecule has 1 aromatic heterocycles. The molecule has 0 unspecified atom stereocenters. The molecule has 1 aliphatic heterocycles. The van der Waals surface area contributed by atoms with E-state index in [2.05, 4.69) is 31.2 Å². The monoisotopic (exact) mass is 468 g/mol. The topological polar surface area (TPSA) is 108 Å². The van der Waals surface area contributed by atoms with Gasteiger partial charge in [-0.1, -0.05) is 30.3 Å². The lowest BCUT2D eigenvalue weighted by Gasteiger charge is -2.16. The zero-order chi connectivity index (χ0) is 24.5. The van der Waals surface area contributed by atoms with Crippen molar-refractivity contribution in [3.8, 4) is 0 Å². The Kier molecular flexibility index (Phi) is 5.78. The van der Waals surface area contributed by atoms with Gasteiger partial charge < -0.3 is 16.0 Å². The minimum atomic E-state index is -4.71. The number of aromatic nitrogens is 1. The number of amides is 2. The molecule has 11 heteroatoms. The van der Waals surface area contributed by atoms with E-state index in [1.165, 1.54) is 37.5 Å². The number of hydrogen-bond donors (Lipinski definition) is 3. The van der Waals surface area contributed by atoms with E-state index in [4.69, 9.17) is 0 Å². The summed E-state index contributed by atoms with van der Waals surface area (Å²) in [6.45, 7) is 1.88. The van der Waals surface area contributed by atoms with Crippen LogP contribution >= 0.6 is 0 Å². The van der Waals surface area contributed by atoms with Gasteiger partial charge in [-0.25, -0.2) is 4.98 Å². The van der Waals surface area contributed by atoms with E-state index in [1.54, 1.807) is 0 Å². The first-order valence-corrected chi connectivity index (χ1v) is 10.1. The molecule has 1 aliphatic rings. The van der Waals surface area contributed by atoms with E-state index in [1.807, 2.05) is 31.2 Å². The molecular weight excluding hydrogens is 449 g/mol. The summed E-state index contributed by atoms with van der Waals surface area (Å²) in [5.41, 5.74) is -0.932. The van der Waals surface area contributed by atoms with Gasteiger partial charge in [0.05, 0.1) is 11.3 Å². The number of carbonyl (C=O) groups is 2. The molecule has 3 aromatic rings. The molecule has 0 radical (unpaired) electrons. The summed E-state index contributed by atoms with van der Waals surface area (Å²) in [5.74, 6) is -0.856. The van der Waals surface area contributed by atoms with Crippen LogP contribution in [0.1, 0.15) is 31.8 Å². The van der Waals surface area contributed by atoms with Crippen molar-refractivity contribution in [1.82, 2.24) is 10.3 Å². The molecule has 2 heterocycles. The molecule has 2 aromatic carbocycles. The molecule has 4 rings (SSSR count). The number of aryl methyl sites for hydroxylation is 1. The van der Waals surface area contributed by atoms with Crippen LogP contribution < -0.4 is 16.0 Å². The predicted molar refractivity (Wildman–Crippen MR) is 119 cm³/mol. The Morgan fingerprint density at radius 3 is 2.29 bits per heavy atom. The number of halogens is 3. The molecule has 0 bridgehead atoms. The molecule has 0 aliphatic carbocycles. The van der Waals surface area contributed by atoms with E-state index in [0.29, 0.717) is 0 Å². The van der Waals surface area contributed by atoms with Crippen LogP contribution in [-0.4, -0.2) is 30.0 Å². The highest BCUT2D eigenvalue weighted by Crippen LogP contribution is 2.52. The Morgan fingerprint density at radius 1 is 0.912 bits per heavy atom. The normalized spacial score (nSPS) is 13.8. The molecule has 2 amide bonds. The van der Waals surface area contributed by atoms with Crippen molar-refractivity contribution in [2.75, 3.05) is 17.7 Å². The first-order chi connectivity index (χ1) is 16.1. The van der Waals surface area contributed by atoms with Gasteiger partial charge in [0.15, 0.2) is 5.82 Å². The third-order valence-electron chi connectivity index (χ3n) is 5.25. The SMILES string of the molecule is CNC(=O)c1cnc(Nc2ccccc2C)c(NC(=O)c2cccc(C3(C(F)(F)F)N=N3)c2)c1. The fourth-order valence-corrected chi connectivity index (χ4v) is 3.28. The van der Waals surface area contributed by atoms with Crippen molar-refractivity contribution < 1.29 is 22.8 Å². The smallest absolute Gasteiger partial charge is 0.355 e. The number of alkyl halides is 3. The lowest BCUT2D eigenvalue weighted by molar-refractivity contribution is -0.166. The third-order valence-corrected chi connectivity index (χ3v) is 5.25. The summed E-state index contributed by atoms with van der Waals surface area (Å²) in [4.78, 5) is 29.3. The zero-order valence-corrected chi connectivity index (χ0v) is 18.1. The number of carbonyl (C=O) groups excluding carboxylic acids is 2. The highest BCUT2D eigenvalue weighted by molar-refractivity contribution is 6.07. The van der Waals surface area contributed by atoms with Crippen LogP contribution in [0.3, 0.4) is 0 Å². The molecule has 174 valence electrons. The molecule has 3 N–H and O–H groups in total. The molecule has 8 nitrogen and oxygen atoms in total. The van der Waals surface area contributed by atoms with Crippen LogP contribution in [-0.2, 0) is 5.66 Å². The average molecular weight is 468 g/mol. The quantitative estimate of drug-likeness (QED) is 0.477. The second kappa shape index (κ2) is 8.58. The number of pyridine rings is 1. The van der Waals surface area contributed by atoms with Gasteiger partial charge in [0, 0.05) is 30.1 Å². The maximum atomic E-state index is 13.4. The van der Waals surface area contributed by atoms with Crippen molar-refractivity contribution in [3.63, 3.8) is 0 Å². The molecule has 0 saturated heterocycles. The van der Waals surface area contributed by atoms with E-state index in [9.17, 15) is 22.8 Å². The fourth-order valence-electron chi connectivity index (χ4n) is 3.28. The number of para-hydroxylation sites is 1. The number of nitrogens with one attached hydrogen (secondary N) is 3. The van der Waals surface area contributed by atoms with Gasteiger partial charge in [0.1, 0.15) is 0 Å². The zero-order valence-electron chi connectivity index (χ0n) is 18.1. The van der Waals surface area contributed by atoms with Crippen molar-refractivity contribution in [1.29, 1.82) is 0 Å². The van der Waals surface area contributed by atoms with E-state index < -0.39 is 23.7 Å². The number of anilines is 3. The average Bonchev–Trinajstić information content (AvgIpc) is 3.63. The van der Waals surface area contributed by atoms with Crippen LogP contribution in [0.5, 0.6) is 0 Å². The Bertz CT molecular complexity index is 1300. The van der Waals surface area contributed by atoms with Gasteiger partial charge in [0.25, 0.3) is 11.8 Å². The molecule has 0 fully saturated rings. The van der Waals surface area contributed by atoms with Crippen molar-refractivity contribution in [3.05, 3.63) is 83.0 Å². The summed E-state index contributed by atoms with van der Waals surface area (Å²) in [6, 6.07) is 13.8. The van der Waals surface area contributed by atoms with E-state index in [-0.39, 0.29) is 28.2 Å². The summed E-state index contributed by atoms with van der Waals surface area (Å²) in [7, 11) is 1.45. The summed E-state index contributed by atoms with van der Waals surface area (Å²) in [6.07, 6.45) is -3.36. The maximum absolute atomic E-state index is 13.4. The van der Waals surface area contributed by atoms with Gasteiger partial charge >= 0.3 is 11.8 Å². The summed E-state index contributed by atoms with van der Waals surface area (Å²) < 4.78 is 40.1. The minimum absolute atomic E-state index is 0.0365. The van der Waals surface area contributed by atoms with E-state index in [0.717, 1.165) is 17.3 Å². The van der Waals surface area contributed by atoms with Crippen LogP contribution in [0.4, 0.5) is 30.4 Å². The van der Waals surface area contributed by atoms with Gasteiger partial charge in [-0.3, -0.25) is 9.59 Å². The van der Waals surface area contributed by atoms with Crippen molar-refractivity contribution in [2.24, 2.45) is 10.2 Å². The molecule has 0 saturated carbocycles. The fraction of sp³-hybridized carbons (Fsp3) is 0.174. The standard InChI is InChI=1S/C23H19F3N6O2/c1-13-6-3-4-9-17(13)29-19-18(11-15(12-28-19)20(33)27-2)30-21(34)14-7-5-8-16(10-14)22(31-32-22)23(24,25)26/h3-12H,1-2H3,(H,27,33)(H,28,29)(H,30,34). The van der Waals surface area contributed by atoms with Gasteiger partial charge in [-0.05, 0) is 36.8 Å². The first-order valence-electron chi connectivity index (χ1n) is 10.1. The Hall–Kier alpha value is -4.28. The minimum Gasteiger partial charge on any atom is -0.355 e. The Balaban J connectivity index is 1.66. The number of hydrogen-bond acceptors (Lipinski definition) is 6. The highest BCUT2D eigenvalue weighted by atomic mass is 19.4. The molecule has 0 spiro atoms. The summed E-state index contributed by atoms with van der Waals surface area (Å²) >= 11 is 0. The molecular formula is C23H19F3N6O2. The summed E-state index contributed by atoms with van der Waals surface area (Å²) in [5, 5.41) is 14.6. The van der Waals surface area contributed by atoms with Crippen LogP contribution in [0, 0.1) is 6.92 Å². The van der Waals surface area contributed by atoms with Gasteiger partial charge in [-0.15, -0.1) is 10.2 Å². The first kappa shape index (κ1) is 22.9. The van der Waals surface area contributed by atoms with Crippen LogP contribution in [0.2, 0.25) is 0 Å². The van der Waals surface area contributed by atoms with Crippen LogP contribution in [0.25, 0.3) is 0 Å². The Labute approximate surface area is 192 Å². The second-order valence-electron chi connectivity index (χ2n) is 7.54. The third kappa shape index (κ3) is 4.32. The number of nitrogens with zero attached hydrogens (tertiary/aromatic N) is 3. The van der Waals surface area contributed by atoms with Crippen molar-refractivity contribution in [2.45, 2.75) is 18.8 Å². The Morgan fingerprint density at radius 2 is 1.65 bits per heavy atom. The maximum Gasteiger partial charge on any atom is 0.442 e. The van der Waals surface area contributed by atoms with Crippen LogP contribution in [0.15, 0.2) is 71.0 Å². The number of rotatable bonds is 6. The van der Waals surface area contributed by atoms with Gasteiger partial charge in [0.2, 0.25) is 0 Å². The van der Waals surface area contributed by atoms with E-state index >= 15 is 0 Å². The predicted octanol–water partition coefficient (Wildman–Crippen LogP) is 4.93. The number of benzene rings is 2. The van der Waals surface area contributed by atoms with Gasteiger partial charge in [-0.2, -0.15) is 13.2 Å². The van der Waals surface area contributed by atoms with Crippen molar-refractivity contribution >= 4 is 29.0 Å². The molecule has 34 heavy (non-hydrogen) atoms. The highest BCUT2D eigenvalue weighted by Gasteiger charge is 2.65. The lowest BCUT2D eigenvalue weighted by Crippen LogP contribution is -2.30. The lowest BCUT2D eigenvalue weighted by atomic mass is 10.00. The largest absolute Gasteiger partial charge is 0.442 e.